The summed E-state index contributed by atoms with van der Waals surface area (Å²) in [5.74, 6) is 0.649. The first-order chi connectivity index (χ1) is 10.0. The molecule has 1 unspecified atom stereocenters. The van der Waals surface area contributed by atoms with Crippen molar-refractivity contribution >= 4 is 21.6 Å². The van der Waals surface area contributed by atoms with Gasteiger partial charge < -0.3 is 20.6 Å². The Bertz CT molecular complexity index is 760. The highest BCUT2D eigenvalue weighted by Crippen LogP contribution is 2.51. The summed E-state index contributed by atoms with van der Waals surface area (Å²) in [6.45, 7) is 0.814. The molecule has 1 aliphatic carbocycles. The molecule has 0 spiro atoms. The second kappa shape index (κ2) is 4.31. The number of hydrogen-bond acceptors (Lipinski definition) is 4. The second-order valence-corrected chi connectivity index (χ2v) is 6.61. The lowest BCUT2D eigenvalue weighted by atomic mass is 9.82. The maximum atomic E-state index is 9.83. The van der Waals surface area contributed by atoms with E-state index in [2.05, 4.69) is 21.2 Å². The summed E-state index contributed by atoms with van der Waals surface area (Å²) in [6, 6.07) is 7.00. The summed E-state index contributed by atoms with van der Waals surface area (Å²) in [5, 5.41) is 32.7. The molecular formula is C16H14BrNO3. The van der Waals surface area contributed by atoms with Gasteiger partial charge in [-0.3, -0.25) is 0 Å². The van der Waals surface area contributed by atoms with Crippen LogP contribution in [0, 0.1) is 5.92 Å². The lowest BCUT2D eigenvalue weighted by Gasteiger charge is -2.30. The molecule has 4 N–H and O–H groups in total. The van der Waals surface area contributed by atoms with Gasteiger partial charge >= 0.3 is 0 Å². The maximum Gasteiger partial charge on any atom is 0.157 e. The normalized spacial score (nSPS) is 22.1. The number of hydrogen-bond donors (Lipinski definition) is 4. The van der Waals surface area contributed by atoms with Crippen LogP contribution in [-0.4, -0.2) is 21.9 Å². The molecule has 2 atom stereocenters. The molecule has 5 heteroatoms. The molecule has 0 amide bonds. The Morgan fingerprint density at radius 1 is 0.952 bits per heavy atom. The maximum absolute atomic E-state index is 9.83. The van der Waals surface area contributed by atoms with Gasteiger partial charge in [-0.2, -0.15) is 0 Å². The lowest BCUT2D eigenvalue weighted by Crippen LogP contribution is -2.25. The van der Waals surface area contributed by atoms with Crippen molar-refractivity contribution in [2.45, 2.75) is 12.3 Å². The average Bonchev–Trinajstić information content (AvgIpc) is 2.79. The van der Waals surface area contributed by atoms with Crippen molar-refractivity contribution in [3.63, 3.8) is 0 Å². The van der Waals surface area contributed by atoms with E-state index in [-0.39, 0.29) is 23.2 Å². The summed E-state index contributed by atoms with van der Waals surface area (Å²) in [6.07, 6.45) is 0.874. The van der Waals surface area contributed by atoms with Gasteiger partial charge in [-0.15, -0.1) is 0 Å². The monoisotopic (exact) mass is 347 g/mol. The van der Waals surface area contributed by atoms with Crippen molar-refractivity contribution in [3.8, 4) is 17.2 Å². The molecule has 2 aliphatic rings. The van der Waals surface area contributed by atoms with Gasteiger partial charge in [-0.05, 0) is 63.2 Å². The highest BCUT2D eigenvalue weighted by molar-refractivity contribution is 9.10. The van der Waals surface area contributed by atoms with E-state index in [1.54, 1.807) is 18.2 Å². The van der Waals surface area contributed by atoms with Crippen LogP contribution in [0.1, 0.15) is 22.6 Å². The van der Waals surface area contributed by atoms with Gasteiger partial charge in [0.15, 0.2) is 11.5 Å². The first-order valence-corrected chi connectivity index (χ1v) is 7.65. The van der Waals surface area contributed by atoms with E-state index >= 15 is 0 Å². The van der Waals surface area contributed by atoms with Crippen LogP contribution in [0.3, 0.4) is 0 Å². The first-order valence-electron chi connectivity index (χ1n) is 6.85. The van der Waals surface area contributed by atoms with Gasteiger partial charge in [0.2, 0.25) is 0 Å². The van der Waals surface area contributed by atoms with Gasteiger partial charge in [0.05, 0.1) is 4.47 Å². The largest absolute Gasteiger partial charge is 0.507 e. The van der Waals surface area contributed by atoms with Crippen molar-refractivity contribution < 1.29 is 15.3 Å². The molecule has 0 aromatic heterocycles. The number of rotatable bonds is 0. The zero-order valence-corrected chi connectivity index (χ0v) is 12.7. The van der Waals surface area contributed by atoms with Crippen LogP contribution in [0.5, 0.6) is 17.2 Å². The Morgan fingerprint density at radius 2 is 1.71 bits per heavy atom. The van der Waals surface area contributed by atoms with Crippen molar-refractivity contribution in [1.29, 1.82) is 0 Å². The van der Waals surface area contributed by atoms with Crippen LogP contribution in [-0.2, 0) is 6.42 Å². The molecule has 2 aromatic carbocycles. The zero-order valence-electron chi connectivity index (χ0n) is 11.1. The fraction of sp³-hybridized carbons (Fsp3) is 0.250. The molecule has 1 aliphatic heterocycles. The van der Waals surface area contributed by atoms with Gasteiger partial charge in [-0.25, -0.2) is 0 Å². The topological polar surface area (TPSA) is 72.7 Å². The molecule has 2 aromatic rings. The second-order valence-electron chi connectivity index (χ2n) is 5.75. The molecule has 21 heavy (non-hydrogen) atoms. The summed E-state index contributed by atoms with van der Waals surface area (Å²) < 4.78 is 0.667. The Balaban J connectivity index is 1.91. The van der Waals surface area contributed by atoms with E-state index in [1.807, 2.05) is 6.07 Å². The zero-order chi connectivity index (χ0) is 14.7. The first kappa shape index (κ1) is 12.8. The highest BCUT2D eigenvalue weighted by Gasteiger charge is 2.38. The van der Waals surface area contributed by atoms with E-state index < -0.39 is 0 Å². The molecule has 0 radical (unpaired) electrons. The Morgan fingerprint density at radius 3 is 2.52 bits per heavy atom. The molecule has 0 fully saturated rings. The number of aromatic hydroxyl groups is 3. The number of benzene rings is 2. The minimum absolute atomic E-state index is 0.0625. The van der Waals surface area contributed by atoms with E-state index in [9.17, 15) is 15.3 Å². The van der Waals surface area contributed by atoms with Crippen LogP contribution >= 0.6 is 15.9 Å². The van der Waals surface area contributed by atoms with Crippen LogP contribution in [0.4, 0.5) is 5.69 Å². The van der Waals surface area contributed by atoms with E-state index in [0.29, 0.717) is 10.4 Å². The molecule has 0 saturated carbocycles. The minimum atomic E-state index is -0.0765. The van der Waals surface area contributed by atoms with Crippen molar-refractivity contribution in [3.05, 3.63) is 45.4 Å². The Kier molecular flexibility index (Phi) is 2.63. The molecule has 0 bridgehead atoms. The summed E-state index contributed by atoms with van der Waals surface area (Å²) in [7, 11) is 0. The minimum Gasteiger partial charge on any atom is -0.507 e. The molecule has 1 heterocycles. The van der Waals surface area contributed by atoms with Crippen LogP contribution in [0.15, 0.2) is 28.7 Å². The summed E-state index contributed by atoms with van der Waals surface area (Å²) in [5.41, 5.74) is 4.19. The number of halogens is 1. The van der Waals surface area contributed by atoms with Gasteiger partial charge in [-0.1, -0.05) is 0 Å². The van der Waals surface area contributed by atoms with Crippen molar-refractivity contribution in [2.75, 3.05) is 11.9 Å². The standard InChI is InChI=1S/C16H14BrNO3/c17-11-3-10-12(5-13(11)19)18-6-8-1-7-2-14(20)15(21)4-9(7)16(8)10/h2-5,8,16,18-21H,1,6H2/t8?,16-/m1/s1. The highest BCUT2D eigenvalue weighted by atomic mass is 79.9. The van der Waals surface area contributed by atoms with Crippen molar-refractivity contribution in [2.24, 2.45) is 5.92 Å². The SMILES string of the molecule is Oc1cc2c(cc1O)[C@@H]1c3cc(Br)c(O)cc3NCC1C2. The quantitative estimate of drug-likeness (QED) is 0.552. The van der Waals surface area contributed by atoms with Crippen molar-refractivity contribution in [1.82, 2.24) is 0 Å². The number of fused-ring (bicyclic) bond motifs is 5. The van der Waals surface area contributed by atoms with Gasteiger partial charge in [0, 0.05) is 24.2 Å². The predicted molar refractivity (Wildman–Crippen MR) is 83.1 cm³/mol. The van der Waals surface area contributed by atoms with E-state index in [0.717, 1.165) is 35.3 Å². The predicted octanol–water partition coefficient (Wildman–Crippen LogP) is 3.30. The van der Waals surface area contributed by atoms with Crippen LogP contribution in [0.25, 0.3) is 0 Å². The molecule has 0 saturated heterocycles. The van der Waals surface area contributed by atoms with E-state index in [1.165, 1.54) is 0 Å². The molecule has 108 valence electrons. The fourth-order valence-electron chi connectivity index (χ4n) is 3.60. The Labute approximate surface area is 130 Å². The lowest BCUT2D eigenvalue weighted by molar-refractivity contribution is 0.403. The number of phenolic OH excluding ortho intramolecular Hbond substituents is 3. The van der Waals surface area contributed by atoms with Crippen LogP contribution < -0.4 is 5.32 Å². The Hall–Kier alpha value is -1.88. The third kappa shape index (κ3) is 1.80. The number of nitrogens with one attached hydrogen (secondary N) is 1. The number of anilines is 1. The third-order valence-electron chi connectivity index (χ3n) is 4.53. The average molecular weight is 348 g/mol. The smallest absolute Gasteiger partial charge is 0.157 e. The molecule has 4 rings (SSSR count). The number of phenols is 3. The van der Waals surface area contributed by atoms with E-state index in [4.69, 9.17) is 0 Å². The molecular weight excluding hydrogens is 334 g/mol. The summed E-state index contributed by atoms with van der Waals surface area (Å²) in [4.78, 5) is 0. The fourth-order valence-corrected chi connectivity index (χ4v) is 3.96. The third-order valence-corrected chi connectivity index (χ3v) is 5.17. The van der Waals surface area contributed by atoms with Crippen LogP contribution in [0.2, 0.25) is 0 Å². The van der Waals surface area contributed by atoms with Gasteiger partial charge in [0.1, 0.15) is 5.75 Å². The molecule has 4 nitrogen and oxygen atoms in total. The van der Waals surface area contributed by atoms with Gasteiger partial charge in [0.25, 0.3) is 0 Å². The summed E-state index contributed by atoms with van der Waals surface area (Å²) >= 11 is 3.37.